The monoisotopic (exact) mass is 226 g/mol. The Bertz CT molecular complexity index is 668. The van der Waals surface area contributed by atoms with E-state index in [1.165, 1.54) is 12.1 Å². The van der Waals surface area contributed by atoms with Gasteiger partial charge in [0.25, 0.3) is 0 Å². The highest BCUT2D eigenvalue weighted by Crippen LogP contribution is 2.23. The number of fused-ring (bicyclic) bond motifs is 1. The Morgan fingerprint density at radius 3 is 2.65 bits per heavy atom. The SMILES string of the molecule is Cc1cn2cccc2c(-c2ccc(F)cc2)n1. The first-order chi connectivity index (χ1) is 8.24. The van der Waals surface area contributed by atoms with E-state index in [0.717, 1.165) is 22.5 Å². The van der Waals surface area contributed by atoms with Crippen LogP contribution in [-0.4, -0.2) is 9.38 Å². The summed E-state index contributed by atoms with van der Waals surface area (Å²) in [7, 11) is 0. The molecule has 0 saturated carbocycles. The third-order valence-electron chi connectivity index (χ3n) is 2.75. The first-order valence-corrected chi connectivity index (χ1v) is 5.44. The quantitative estimate of drug-likeness (QED) is 0.621. The molecule has 0 bridgehead atoms. The highest BCUT2D eigenvalue weighted by atomic mass is 19.1. The predicted octanol–water partition coefficient (Wildman–Crippen LogP) is 3.45. The van der Waals surface area contributed by atoms with E-state index in [9.17, 15) is 4.39 Å². The lowest BCUT2D eigenvalue weighted by molar-refractivity contribution is 0.628. The van der Waals surface area contributed by atoms with Crippen LogP contribution < -0.4 is 0 Å². The molecule has 1 aromatic carbocycles. The number of halogens is 1. The van der Waals surface area contributed by atoms with E-state index < -0.39 is 0 Å². The van der Waals surface area contributed by atoms with Gasteiger partial charge in [-0.15, -0.1) is 0 Å². The lowest BCUT2D eigenvalue weighted by Gasteiger charge is -2.06. The van der Waals surface area contributed by atoms with Crippen molar-refractivity contribution in [2.75, 3.05) is 0 Å². The van der Waals surface area contributed by atoms with Gasteiger partial charge in [0.2, 0.25) is 0 Å². The van der Waals surface area contributed by atoms with E-state index in [1.807, 2.05) is 35.9 Å². The van der Waals surface area contributed by atoms with Crippen LogP contribution in [0.3, 0.4) is 0 Å². The molecule has 2 aromatic heterocycles. The van der Waals surface area contributed by atoms with E-state index in [0.29, 0.717) is 0 Å². The summed E-state index contributed by atoms with van der Waals surface area (Å²) in [4.78, 5) is 4.53. The van der Waals surface area contributed by atoms with E-state index in [4.69, 9.17) is 0 Å². The van der Waals surface area contributed by atoms with Gasteiger partial charge in [-0.2, -0.15) is 0 Å². The lowest BCUT2D eigenvalue weighted by Crippen LogP contribution is -1.94. The highest BCUT2D eigenvalue weighted by Gasteiger charge is 2.06. The number of benzene rings is 1. The third kappa shape index (κ3) is 1.69. The molecule has 0 unspecified atom stereocenters. The van der Waals surface area contributed by atoms with Crippen molar-refractivity contribution in [3.05, 3.63) is 60.3 Å². The van der Waals surface area contributed by atoms with E-state index in [2.05, 4.69) is 4.98 Å². The molecular weight excluding hydrogens is 215 g/mol. The number of hydrogen-bond donors (Lipinski definition) is 0. The van der Waals surface area contributed by atoms with E-state index in [-0.39, 0.29) is 5.82 Å². The molecule has 0 spiro atoms. The summed E-state index contributed by atoms with van der Waals surface area (Å²) in [6.45, 7) is 1.95. The van der Waals surface area contributed by atoms with Crippen LogP contribution in [0, 0.1) is 12.7 Å². The molecule has 0 aliphatic heterocycles. The average Bonchev–Trinajstić information content (AvgIpc) is 2.77. The number of aromatic nitrogens is 2. The van der Waals surface area contributed by atoms with Crippen LogP contribution in [0.5, 0.6) is 0 Å². The first-order valence-electron chi connectivity index (χ1n) is 5.44. The Morgan fingerprint density at radius 1 is 1.12 bits per heavy atom. The zero-order chi connectivity index (χ0) is 11.8. The van der Waals surface area contributed by atoms with Crippen molar-refractivity contribution in [1.29, 1.82) is 0 Å². The van der Waals surface area contributed by atoms with Crippen LogP contribution in [-0.2, 0) is 0 Å². The molecule has 0 radical (unpaired) electrons. The Labute approximate surface area is 98.4 Å². The van der Waals surface area contributed by atoms with Gasteiger partial charge >= 0.3 is 0 Å². The van der Waals surface area contributed by atoms with Crippen molar-refractivity contribution >= 4 is 5.52 Å². The maximum atomic E-state index is 12.9. The van der Waals surface area contributed by atoms with Crippen LogP contribution in [0.25, 0.3) is 16.8 Å². The number of hydrogen-bond acceptors (Lipinski definition) is 1. The Kier molecular flexibility index (Phi) is 2.18. The molecule has 17 heavy (non-hydrogen) atoms. The minimum Gasteiger partial charge on any atom is -0.320 e. The fraction of sp³-hybridized carbons (Fsp3) is 0.0714. The van der Waals surface area contributed by atoms with Crippen molar-refractivity contribution < 1.29 is 4.39 Å². The van der Waals surface area contributed by atoms with Crippen molar-refractivity contribution in [2.24, 2.45) is 0 Å². The molecule has 0 atom stereocenters. The van der Waals surface area contributed by atoms with Crippen molar-refractivity contribution in [1.82, 2.24) is 9.38 Å². The maximum absolute atomic E-state index is 12.9. The molecule has 3 rings (SSSR count). The minimum atomic E-state index is -0.229. The summed E-state index contributed by atoms with van der Waals surface area (Å²) in [6, 6.07) is 10.4. The number of rotatable bonds is 1. The van der Waals surface area contributed by atoms with Crippen LogP contribution >= 0.6 is 0 Å². The predicted molar refractivity (Wildman–Crippen MR) is 65.3 cm³/mol. The van der Waals surface area contributed by atoms with Crippen molar-refractivity contribution in [3.8, 4) is 11.3 Å². The van der Waals surface area contributed by atoms with Crippen LogP contribution in [0.15, 0.2) is 48.8 Å². The second-order valence-corrected chi connectivity index (χ2v) is 4.04. The Hall–Kier alpha value is -2.16. The molecular formula is C14H11FN2. The standard InChI is InChI=1S/C14H11FN2/c1-10-9-17-8-2-3-13(17)14(16-10)11-4-6-12(15)7-5-11/h2-9H,1H3. The summed E-state index contributed by atoms with van der Waals surface area (Å²) in [5.74, 6) is -0.229. The second-order valence-electron chi connectivity index (χ2n) is 4.04. The van der Waals surface area contributed by atoms with Crippen LogP contribution in [0.4, 0.5) is 4.39 Å². The molecule has 0 N–H and O–H groups in total. The fourth-order valence-corrected chi connectivity index (χ4v) is 1.99. The van der Waals surface area contributed by atoms with Gasteiger partial charge in [-0.3, -0.25) is 0 Å². The summed E-state index contributed by atoms with van der Waals surface area (Å²) < 4.78 is 14.9. The fourth-order valence-electron chi connectivity index (χ4n) is 1.99. The van der Waals surface area contributed by atoms with Crippen molar-refractivity contribution in [2.45, 2.75) is 6.92 Å². The van der Waals surface area contributed by atoms with Gasteiger partial charge in [-0.25, -0.2) is 9.37 Å². The summed E-state index contributed by atoms with van der Waals surface area (Å²) in [6.07, 6.45) is 3.96. The summed E-state index contributed by atoms with van der Waals surface area (Å²) in [5, 5.41) is 0. The van der Waals surface area contributed by atoms with Gasteiger partial charge < -0.3 is 4.40 Å². The van der Waals surface area contributed by atoms with Gasteiger partial charge in [-0.1, -0.05) is 0 Å². The van der Waals surface area contributed by atoms with Gasteiger partial charge in [-0.05, 0) is 43.3 Å². The molecule has 0 aliphatic carbocycles. The number of aryl methyl sites for hydroxylation is 1. The van der Waals surface area contributed by atoms with Gasteiger partial charge in [0.15, 0.2) is 0 Å². The molecule has 2 nitrogen and oxygen atoms in total. The third-order valence-corrected chi connectivity index (χ3v) is 2.75. The smallest absolute Gasteiger partial charge is 0.123 e. The first kappa shape index (κ1) is 10.0. The molecule has 84 valence electrons. The molecule has 0 saturated heterocycles. The summed E-state index contributed by atoms with van der Waals surface area (Å²) in [5.41, 5.74) is 3.78. The topological polar surface area (TPSA) is 17.3 Å². The second kappa shape index (κ2) is 3.70. The molecule has 0 fully saturated rings. The van der Waals surface area contributed by atoms with Crippen LogP contribution in [0.2, 0.25) is 0 Å². The number of nitrogens with zero attached hydrogens (tertiary/aromatic N) is 2. The Balaban J connectivity index is 2.28. The minimum absolute atomic E-state index is 0.229. The summed E-state index contributed by atoms with van der Waals surface area (Å²) >= 11 is 0. The van der Waals surface area contributed by atoms with Gasteiger partial charge in [0.1, 0.15) is 5.82 Å². The lowest BCUT2D eigenvalue weighted by atomic mass is 10.1. The van der Waals surface area contributed by atoms with Gasteiger partial charge in [0.05, 0.1) is 16.9 Å². The molecule has 2 heterocycles. The van der Waals surface area contributed by atoms with E-state index >= 15 is 0 Å². The van der Waals surface area contributed by atoms with Gasteiger partial charge in [0, 0.05) is 18.0 Å². The normalized spacial score (nSPS) is 10.9. The molecule has 0 aliphatic rings. The zero-order valence-corrected chi connectivity index (χ0v) is 9.39. The van der Waals surface area contributed by atoms with Crippen molar-refractivity contribution in [3.63, 3.8) is 0 Å². The Morgan fingerprint density at radius 2 is 1.88 bits per heavy atom. The molecule has 3 heteroatoms. The highest BCUT2D eigenvalue weighted by molar-refractivity contribution is 5.77. The molecule has 0 amide bonds. The zero-order valence-electron chi connectivity index (χ0n) is 9.39. The molecule has 3 aromatic rings. The average molecular weight is 226 g/mol. The largest absolute Gasteiger partial charge is 0.320 e. The maximum Gasteiger partial charge on any atom is 0.123 e. The van der Waals surface area contributed by atoms with E-state index in [1.54, 1.807) is 12.1 Å². The van der Waals surface area contributed by atoms with Crippen LogP contribution in [0.1, 0.15) is 5.69 Å².